The van der Waals surface area contributed by atoms with Crippen LogP contribution in [0.4, 0.5) is 13.2 Å². The van der Waals surface area contributed by atoms with Crippen molar-refractivity contribution in [3.05, 3.63) is 203 Å². The number of ether oxygens (including phenoxy) is 3. The van der Waals surface area contributed by atoms with E-state index in [-0.39, 0.29) is 82.4 Å². The number of carbonyl (C=O) groups is 16. The van der Waals surface area contributed by atoms with Gasteiger partial charge in [-0.3, -0.25) is 76.7 Å². The molecule has 7 aromatic rings. The van der Waals surface area contributed by atoms with Crippen molar-refractivity contribution in [2.75, 3.05) is 86.3 Å². The van der Waals surface area contributed by atoms with Crippen LogP contribution in [0.2, 0.25) is 0 Å². The van der Waals surface area contributed by atoms with Crippen LogP contribution >= 0.6 is 11.8 Å². The third kappa shape index (κ3) is 29.5. The number of para-hydroxylation sites is 1. The molecule has 0 spiro atoms. The second-order valence-corrected chi connectivity index (χ2v) is 35.8. The number of carbonyl (C=O) groups excluding carboxylic acids is 15. The number of halogens is 3. The quantitative estimate of drug-likeness (QED) is 0.0359. The third-order valence-corrected chi connectivity index (χ3v) is 25.5. The van der Waals surface area contributed by atoms with Gasteiger partial charge in [-0.2, -0.15) is 0 Å². The number of likely N-dealkylation sites (N-methyl/N-ethyl adjacent to an activating group) is 3. The lowest BCUT2D eigenvalue weighted by molar-refractivity contribution is -0.152. The predicted octanol–water partition coefficient (Wildman–Crippen LogP) is 1.31. The summed E-state index contributed by atoms with van der Waals surface area (Å²) < 4.78 is 61.9. The normalized spacial score (nSPS) is 23.6. The Bertz CT molecular complexity index is 5510. The SMILES string of the molecule is CCCC[C@H]1C(=O)N2C[C@H](O)C[C@@H]2C(=O)N[C@@H](CC(=O)O)C(=O)N[C@@H](C(C)C)C(=O)N(C)C(Cc2ccccc2)C(=O)N[C@@H](Cc2ccc(OC)cc2)C(=O)N2CCOC[C@@H]2C(=O)N[C@@H](Cc2c[nH]c3ccccc23)C(=O)N[C@@H](Cc2ccc(O)cc2)C(=O)N[C@@H](CCOC)C(=O)N[C@H](C(=O)NCC(N)=O)CSCC(=O)N[C@@H](Cc2cc(F)c(F)c(F)c2)C(=O)N(C)[C@@H](Cc2ccccc2)C(=O)N1C. The number of H-pyrrole nitrogens is 1. The molecule has 4 heterocycles. The molecule has 3 fully saturated rings. The van der Waals surface area contributed by atoms with Crippen molar-refractivity contribution in [1.29, 1.82) is 0 Å². The number of aliphatic hydroxyl groups excluding tert-OH is 1. The van der Waals surface area contributed by atoms with Crippen molar-refractivity contribution in [3.8, 4) is 11.5 Å². The zero-order valence-electron chi connectivity index (χ0n) is 78.2. The zero-order chi connectivity index (χ0) is 101. The highest BCUT2D eigenvalue weighted by Crippen LogP contribution is 2.29. The molecule has 42 heteroatoms. The Balaban J connectivity index is 1.07. The summed E-state index contributed by atoms with van der Waals surface area (Å²) in [5, 5.41) is 56.4. The van der Waals surface area contributed by atoms with Crippen molar-refractivity contribution in [3.63, 3.8) is 0 Å². The molecule has 14 atom stereocenters. The van der Waals surface area contributed by atoms with Gasteiger partial charge in [0.05, 0.1) is 45.1 Å². The number of unbranched alkanes of at least 4 members (excludes halogenated alkanes) is 1. The van der Waals surface area contributed by atoms with Crippen LogP contribution in [-0.2, 0) is 125 Å². The second-order valence-electron chi connectivity index (χ2n) is 34.8. The van der Waals surface area contributed by atoms with Crippen LogP contribution in [0.25, 0.3) is 10.9 Å². The van der Waals surface area contributed by atoms with Crippen LogP contribution in [0.5, 0.6) is 11.5 Å². The van der Waals surface area contributed by atoms with E-state index in [1.165, 1.54) is 66.4 Å². The fourth-order valence-electron chi connectivity index (χ4n) is 16.7. The van der Waals surface area contributed by atoms with Crippen LogP contribution in [0, 0.1) is 23.4 Å². The number of amides is 15. The van der Waals surface area contributed by atoms with Gasteiger partial charge in [-0.1, -0.05) is 137 Å². The summed E-state index contributed by atoms with van der Waals surface area (Å²) in [4.78, 5) is 248. The number of aromatic amines is 1. The average molecular weight is 1950 g/mol. The maximum Gasteiger partial charge on any atom is 0.305 e. The Hall–Kier alpha value is -14.0. The van der Waals surface area contributed by atoms with Gasteiger partial charge in [0.2, 0.25) is 88.6 Å². The van der Waals surface area contributed by atoms with Crippen LogP contribution in [0.15, 0.2) is 152 Å². The number of fused-ring (bicyclic) bond motifs is 3. The molecule has 0 aliphatic carbocycles. The fourth-order valence-corrected chi connectivity index (χ4v) is 17.6. The van der Waals surface area contributed by atoms with E-state index >= 15 is 56.7 Å². The van der Waals surface area contributed by atoms with E-state index in [1.807, 2.05) is 0 Å². The largest absolute Gasteiger partial charge is 0.508 e. The van der Waals surface area contributed by atoms with Gasteiger partial charge in [0.15, 0.2) is 17.5 Å². The number of aliphatic hydroxyl groups is 1. The topological polar surface area (TPSA) is 528 Å². The molecule has 38 nitrogen and oxygen atoms in total. The number of phenolic OH excluding ortho intramolecular Hbond substituents is 1. The summed E-state index contributed by atoms with van der Waals surface area (Å²) in [6.07, 6.45) is -3.76. The fraction of sp³-hybridized carbons (Fsp3) is 0.443. The minimum Gasteiger partial charge on any atom is -0.508 e. The minimum absolute atomic E-state index is 0.137. The molecule has 15 N–H and O–H groups in total. The molecule has 0 bridgehead atoms. The van der Waals surface area contributed by atoms with Crippen molar-refractivity contribution in [2.45, 2.75) is 182 Å². The van der Waals surface area contributed by atoms with Gasteiger partial charge < -0.3 is 113 Å². The molecule has 0 saturated carbocycles. The number of hydrogen-bond donors (Lipinski definition) is 14. The van der Waals surface area contributed by atoms with E-state index in [9.17, 15) is 48.5 Å². The van der Waals surface area contributed by atoms with Crippen molar-refractivity contribution < 1.29 is 119 Å². The first-order chi connectivity index (χ1) is 66.3. The van der Waals surface area contributed by atoms with E-state index in [2.05, 4.69) is 52.8 Å². The Morgan fingerprint density at radius 2 is 1.09 bits per heavy atom. The summed E-state index contributed by atoms with van der Waals surface area (Å²) in [7, 11) is 6.37. The molecule has 3 aliphatic rings. The Morgan fingerprint density at radius 3 is 1.71 bits per heavy atom. The Morgan fingerprint density at radius 1 is 0.554 bits per heavy atom. The van der Waals surface area contributed by atoms with Gasteiger partial charge in [-0.05, 0) is 94.6 Å². The van der Waals surface area contributed by atoms with Gasteiger partial charge in [-0.15, -0.1) is 11.8 Å². The highest BCUT2D eigenvalue weighted by atomic mass is 32.2. The van der Waals surface area contributed by atoms with E-state index in [1.54, 1.807) is 122 Å². The van der Waals surface area contributed by atoms with Crippen LogP contribution in [0.3, 0.4) is 0 Å². The van der Waals surface area contributed by atoms with Gasteiger partial charge in [-0.25, -0.2) is 13.2 Å². The number of aromatic hydroxyl groups is 1. The number of nitrogens with two attached hydrogens (primary N) is 1. The van der Waals surface area contributed by atoms with E-state index < -0.39 is 253 Å². The first-order valence-corrected chi connectivity index (χ1v) is 46.6. The number of thioether (sulfide) groups is 1. The molecule has 1 aromatic heterocycles. The second kappa shape index (κ2) is 50.9. The highest BCUT2D eigenvalue weighted by Gasteiger charge is 2.48. The summed E-state index contributed by atoms with van der Waals surface area (Å²) in [5.74, 6) is -24.3. The molecule has 3 aliphatic heterocycles. The van der Waals surface area contributed by atoms with Gasteiger partial charge >= 0.3 is 5.97 Å². The monoisotopic (exact) mass is 1950 g/mol. The molecule has 139 heavy (non-hydrogen) atoms. The maximum absolute atomic E-state index is 16.0. The number of methoxy groups -OCH3 is 2. The van der Waals surface area contributed by atoms with E-state index in [0.717, 1.165) is 31.5 Å². The van der Waals surface area contributed by atoms with E-state index in [0.29, 0.717) is 74.8 Å². The number of aromatic nitrogens is 1. The number of nitrogens with one attached hydrogen (secondary N) is 10. The summed E-state index contributed by atoms with van der Waals surface area (Å²) in [6.45, 7) is 2.25. The summed E-state index contributed by atoms with van der Waals surface area (Å²) >= 11 is 0.639. The molecular weight excluding hydrogens is 1830 g/mol. The van der Waals surface area contributed by atoms with Crippen LogP contribution in [-0.4, -0.2) is 310 Å². The molecule has 6 aromatic carbocycles. The van der Waals surface area contributed by atoms with Crippen molar-refractivity contribution in [2.24, 2.45) is 11.7 Å². The highest BCUT2D eigenvalue weighted by molar-refractivity contribution is 8.00. The van der Waals surface area contributed by atoms with Crippen molar-refractivity contribution >= 4 is 117 Å². The van der Waals surface area contributed by atoms with Crippen molar-refractivity contribution in [1.82, 2.24) is 77.3 Å². The first-order valence-electron chi connectivity index (χ1n) is 45.5. The summed E-state index contributed by atoms with van der Waals surface area (Å²) in [5.41, 5.74) is 7.82. The molecule has 3 saturated heterocycles. The third-order valence-electron chi connectivity index (χ3n) is 24.4. The molecule has 1 unspecified atom stereocenters. The van der Waals surface area contributed by atoms with Gasteiger partial charge in [0, 0.05) is 116 Å². The van der Waals surface area contributed by atoms with Gasteiger partial charge in [0.1, 0.15) is 90.0 Å². The lowest BCUT2D eigenvalue weighted by Gasteiger charge is -2.38. The average Bonchev–Trinajstić information content (AvgIpc) is 1.78. The molecule has 15 amide bonds. The Labute approximate surface area is 804 Å². The lowest BCUT2D eigenvalue weighted by atomic mass is 9.98. The Kier molecular flexibility index (Phi) is 39.2. The number of morpholine rings is 1. The number of phenols is 1. The maximum atomic E-state index is 16.0. The standard InChI is InChI=1S/C97H119F3N16O22S/c1-9-10-25-75-96(134)116-50-62(118)46-77(116)91(129)108-71(47-82(121)122)89(127)111-84(54(2)3)97(135)113(5)76(43-55-19-13-11-14-20-55)90(128)109-73(41-58-28-32-63(137-8)33-29-58)94(132)115-35-37-138-51-79(115)92(130)107-70(45-60-48-102-67-24-18-17-23-64(60)67)88(126)106-69(40-57-26-30-61(117)31-27-57)87(125)105-68(34-36-136-7)86(124)110-74(85(123)103-49-80(101)119)52-139-53-81(120)104-72(42-59-38-65(98)83(100)66(99)39-59)93(131)114(6)78(95(133)112(75)4)44-56-21-15-12-16-22-56/h11-24,26-33,38-39,48,54,62,68-79,84,102,117-118H,9-10,25,34-37,40-47,49-53H2,1-8H3,(H2,101,119)(H,103,123)(H,104,120)(H,105,125)(H,106,126)(H,107,130)(H,108,129)(H,109,128)(H,110,124)(H,111,127)(H,121,122)/t62-,68+,69+,70+,71+,72+,73+,74+,75+,76?,77-,78+,79-,84+/m1/s1. The number of rotatable bonds is 25. The number of carboxylic acids is 1. The molecule has 0 radical (unpaired) electrons. The number of benzene rings is 6. The smallest absolute Gasteiger partial charge is 0.305 e. The van der Waals surface area contributed by atoms with Gasteiger partial charge in [0.25, 0.3) is 0 Å². The molecule has 746 valence electrons. The van der Waals surface area contributed by atoms with Crippen LogP contribution < -0.4 is 58.3 Å². The van der Waals surface area contributed by atoms with Crippen LogP contribution in [0.1, 0.15) is 92.7 Å². The lowest BCUT2D eigenvalue weighted by Crippen LogP contribution is -2.64. The molecule has 10 rings (SSSR count). The summed E-state index contributed by atoms with van der Waals surface area (Å²) in [6, 6.07) is 14.5. The number of aliphatic carboxylic acids is 1. The zero-order valence-corrected chi connectivity index (χ0v) is 79.0. The van der Waals surface area contributed by atoms with E-state index in [4.69, 9.17) is 19.9 Å². The number of nitrogens with zero attached hydrogens (tertiary/aromatic N) is 5. The number of hydrogen-bond acceptors (Lipinski definition) is 22. The number of carboxylic acid groups (broad SMARTS) is 1. The number of primary amides is 1. The predicted molar refractivity (Wildman–Crippen MR) is 501 cm³/mol. The molecular formula is C97H119F3N16O22S. The first kappa shape index (κ1) is 107. The minimum atomic E-state index is -2.04.